The van der Waals surface area contributed by atoms with Crippen LogP contribution in [0.2, 0.25) is 0 Å². The quantitative estimate of drug-likeness (QED) is 0.555. The van der Waals surface area contributed by atoms with E-state index in [2.05, 4.69) is 16.3 Å². The highest BCUT2D eigenvalue weighted by molar-refractivity contribution is 7.89. The highest BCUT2D eigenvalue weighted by Gasteiger charge is 2.39. The molecule has 0 radical (unpaired) electrons. The molecular formula is C28H38N6O3S. The Morgan fingerprint density at radius 3 is 2.39 bits per heavy atom. The number of piperazine rings is 1. The minimum absolute atomic E-state index is 0.115. The first-order valence-corrected chi connectivity index (χ1v) is 14.6. The first kappa shape index (κ1) is 28.2. The molecule has 3 N–H and O–H groups in total. The third-order valence-electron chi connectivity index (χ3n) is 7.57. The van der Waals surface area contributed by atoms with E-state index in [9.17, 15) is 18.5 Å². The van der Waals surface area contributed by atoms with E-state index in [1.165, 1.54) is 22.0 Å². The van der Waals surface area contributed by atoms with Crippen molar-refractivity contribution < 1.29 is 13.2 Å². The predicted molar refractivity (Wildman–Crippen MR) is 148 cm³/mol. The van der Waals surface area contributed by atoms with Crippen LogP contribution in [0.15, 0.2) is 47.4 Å². The minimum Gasteiger partial charge on any atom is -0.328 e. The highest BCUT2D eigenvalue weighted by atomic mass is 32.2. The summed E-state index contributed by atoms with van der Waals surface area (Å²) in [6, 6.07) is 13.7. The second-order valence-electron chi connectivity index (χ2n) is 10.6. The van der Waals surface area contributed by atoms with Crippen LogP contribution >= 0.6 is 0 Å². The van der Waals surface area contributed by atoms with Crippen LogP contribution < -0.4 is 11.1 Å². The summed E-state index contributed by atoms with van der Waals surface area (Å²) in [5.41, 5.74) is 9.41. The van der Waals surface area contributed by atoms with E-state index in [1.54, 1.807) is 12.1 Å². The van der Waals surface area contributed by atoms with Crippen LogP contribution in [0.1, 0.15) is 43.4 Å². The number of amides is 1. The van der Waals surface area contributed by atoms with E-state index >= 15 is 0 Å². The Hall–Kier alpha value is -2.81. The largest absolute Gasteiger partial charge is 0.328 e. The summed E-state index contributed by atoms with van der Waals surface area (Å²) < 4.78 is 28.3. The fraction of sp³-hybridized carbons (Fsp3) is 0.500. The molecule has 0 saturated carbocycles. The van der Waals surface area contributed by atoms with E-state index in [-0.39, 0.29) is 29.4 Å². The number of anilines is 1. The van der Waals surface area contributed by atoms with Crippen LogP contribution in [0.5, 0.6) is 0 Å². The number of nitrogens with zero attached hydrogens (tertiary/aromatic N) is 4. The summed E-state index contributed by atoms with van der Waals surface area (Å²) in [5, 5.41) is 12.2. The summed E-state index contributed by atoms with van der Waals surface area (Å²) in [6.07, 6.45) is 2.01. The number of rotatable bonds is 7. The van der Waals surface area contributed by atoms with Crippen molar-refractivity contribution in [2.45, 2.75) is 63.2 Å². The van der Waals surface area contributed by atoms with Gasteiger partial charge in [-0.3, -0.25) is 14.6 Å². The van der Waals surface area contributed by atoms with Crippen molar-refractivity contribution in [2.75, 3.05) is 38.0 Å². The molecule has 2 saturated heterocycles. The molecule has 10 heteroatoms. The second kappa shape index (κ2) is 11.9. The van der Waals surface area contributed by atoms with E-state index in [1.807, 2.05) is 43.9 Å². The third kappa shape index (κ3) is 6.42. The van der Waals surface area contributed by atoms with Gasteiger partial charge in [0.05, 0.1) is 23.1 Å². The molecule has 2 aromatic rings. The average Bonchev–Trinajstić information content (AvgIpc) is 2.87. The van der Waals surface area contributed by atoms with Crippen molar-refractivity contribution in [2.24, 2.45) is 5.73 Å². The van der Waals surface area contributed by atoms with Gasteiger partial charge in [0.2, 0.25) is 15.9 Å². The third-order valence-corrected chi connectivity index (χ3v) is 9.69. The van der Waals surface area contributed by atoms with Crippen LogP contribution in [0.3, 0.4) is 0 Å². The first-order chi connectivity index (χ1) is 18.1. The molecule has 1 amide bonds. The van der Waals surface area contributed by atoms with Gasteiger partial charge in [-0.1, -0.05) is 18.2 Å². The van der Waals surface area contributed by atoms with Gasteiger partial charge in [-0.25, -0.2) is 8.42 Å². The number of nitriles is 1. The van der Waals surface area contributed by atoms with Crippen molar-refractivity contribution in [3.8, 4) is 6.07 Å². The lowest BCUT2D eigenvalue weighted by Crippen LogP contribution is -2.59. The zero-order valence-electron chi connectivity index (χ0n) is 22.4. The number of likely N-dealkylation sites (tertiary alicyclic amines) is 1. The Kier molecular flexibility index (Phi) is 8.85. The lowest BCUT2D eigenvalue weighted by molar-refractivity contribution is -0.118. The maximum atomic E-state index is 13.4. The molecule has 0 bridgehead atoms. The van der Waals surface area contributed by atoms with Gasteiger partial charge in [0, 0.05) is 43.4 Å². The van der Waals surface area contributed by atoms with E-state index in [0.29, 0.717) is 24.7 Å². The molecule has 38 heavy (non-hydrogen) atoms. The van der Waals surface area contributed by atoms with Crippen LogP contribution in [0.25, 0.3) is 0 Å². The lowest BCUT2D eigenvalue weighted by atomic mass is 10.0. The minimum atomic E-state index is -3.78. The van der Waals surface area contributed by atoms with Gasteiger partial charge < -0.3 is 11.1 Å². The summed E-state index contributed by atoms with van der Waals surface area (Å²) in [7, 11) is -3.78. The molecule has 2 aromatic carbocycles. The maximum absolute atomic E-state index is 13.4. The van der Waals surface area contributed by atoms with Crippen molar-refractivity contribution in [3.05, 3.63) is 59.2 Å². The highest BCUT2D eigenvalue weighted by Crippen LogP contribution is 2.26. The Bertz CT molecular complexity index is 1290. The molecule has 2 fully saturated rings. The van der Waals surface area contributed by atoms with Crippen molar-refractivity contribution in [1.82, 2.24) is 14.1 Å². The Balaban J connectivity index is 1.37. The molecule has 9 nitrogen and oxygen atoms in total. The van der Waals surface area contributed by atoms with Gasteiger partial charge in [0.25, 0.3) is 0 Å². The number of nitrogens with one attached hydrogen (secondary N) is 1. The zero-order valence-corrected chi connectivity index (χ0v) is 23.2. The normalized spacial score (nSPS) is 22.2. The Morgan fingerprint density at radius 1 is 1.08 bits per heavy atom. The molecule has 2 heterocycles. The monoisotopic (exact) mass is 538 g/mol. The predicted octanol–water partition coefficient (Wildman–Crippen LogP) is 2.51. The van der Waals surface area contributed by atoms with Crippen LogP contribution in [-0.4, -0.2) is 79.3 Å². The number of carbonyl (C=O) groups excluding carboxylic acids is 1. The van der Waals surface area contributed by atoms with E-state index < -0.39 is 10.0 Å². The van der Waals surface area contributed by atoms with Crippen molar-refractivity contribution in [3.63, 3.8) is 0 Å². The van der Waals surface area contributed by atoms with Gasteiger partial charge in [-0.05, 0) is 82.1 Å². The van der Waals surface area contributed by atoms with Gasteiger partial charge >= 0.3 is 0 Å². The molecule has 2 atom stereocenters. The number of hydrogen-bond donors (Lipinski definition) is 2. The number of benzene rings is 2. The summed E-state index contributed by atoms with van der Waals surface area (Å²) in [6.45, 7) is 9.61. The molecule has 2 unspecified atom stereocenters. The molecule has 204 valence electrons. The van der Waals surface area contributed by atoms with Crippen LogP contribution in [0, 0.1) is 18.3 Å². The van der Waals surface area contributed by atoms with Gasteiger partial charge in [-0.15, -0.1) is 0 Å². The second-order valence-corrected chi connectivity index (χ2v) is 12.5. The number of piperidine rings is 1. The molecular weight excluding hydrogens is 500 g/mol. The molecule has 0 aliphatic carbocycles. The number of sulfonamides is 1. The Labute approximate surface area is 226 Å². The topological polar surface area (TPSA) is 123 Å². The van der Waals surface area contributed by atoms with Gasteiger partial charge in [-0.2, -0.15) is 9.57 Å². The SMILES string of the molecule is Cc1c(CN2CCC(N)CC2)cccc1NC(=O)CN1CC(C)N(S(=O)(=O)c2cccc(C#N)c2)C(C)C1. The first-order valence-electron chi connectivity index (χ1n) is 13.2. The van der Waals surface area contributed by atoms with E-state index in [0.717, 1.165) is 43.7 Å². The molecule has 0 spiro atoms. The molecule has 2 aliphatic heterocycles. The smallest absolute Gasteiger partial charge is 0.243 e. The van der Waals surface area contributed by atoms with Gasteiger partial charge in [0.1, 0.15) is 0 Å². The summed E-state index contributed by atoms with van der Waals surface area (Å²) in [5.74, 6) is -0.119. The number of carbonyl (C=O) groups is 1. The van der Waals surface area contributed by atoms with Crippen molar-refractivity contribution in [1.29, 1.82) is 5.26 Å². The Morgan fingerprint density at radius 2 is 1.74 bits per heavy atom. The zero-order chi connectivity index (χ0) is 27.4. The summed E-state index contributed by atoms with van der Waals surface area (Å²) >= 11 is 0. The average molecular weight is 539 g/mol. The maximum Gasteiger partial charge on any atom is 0.243 e. The standard InChI is InChI=1S/C28H38N6O3S/c1-20-16-33(17-21(2)34(20)38(36,37)26-8-4-6-23(14-26)15-29)19-28(35)31-27-9-5-7-24(22(27)3)18-32-12-10-25(30)11-13-32/h4-9,14,20-21,25H,10-13,16-19,30H2,1-3H3,(H,31,35). The molecule has 2 aliphatic rings. The van der Waals surface area contributed by atoms with Crippen LogP contribution in [0.4, 0.5) is 5.69 Å². The van der Waals surface area contributed by atoms with Crippen LogP contribution in [-0.2, 0) is 21.4 Å². The number of hydrogen-bond acceptors (Lipinski definition) is 7. The molecule has 0 aromatic heterocycles. The fourth-order valence-corrected chi connectivity index (χ4v) is 7.45. The fourth-order valence-electron chi connectivity index (χ4n) is 5.60. The van der Waals surface area contributed by atoms with E-state index in [4.69, 9.17) is 5.73 Å². The lowest BCUT2D eigenvalue weighted by Gasteiger charge is -2.43. The summed E-state index contributed by atoms with van der Waals surface area (Å²) in [4.78, 5) is 17.5. The van der Waals surface area contributed by atoms with Crippen molar-refractivity contribution >= 4 is 21.6 Å². The number of nitrogens with two attached hydrogens (primary N) is 1. The molecule has 4 rings (SSSR count). The van der Waals surface area contributed by atoms with Gasteiger partial charge in [0.15, 0.2) is 0 Å².